The first-order valence-corrected chi connectivity index (χ1v) is 19.3. The van der Waals surface area contributed by atoms with Gasteiger partial charge in [0, 0.05) is 0 Å². The number of ether oxygens (including phenoxy) is 1. The lowest BCUT2D eigenvalue weighted by atomic mass is 10.1. The second kappa shape index (κ2) is 36.7. The second-order valence-electron chi connectivity index (χ2n) is 13.9. The highest BCUT2D eigenvalue weighted by atomic mass is 35.5. The van der Waals surface area contributed by atoms with Crippen molar-refractivity contribution in [3.63, 3.8) is 0 Å². The summed E-state index contributed by atoms with van der Waals surface area (Å²) in [4.78, 5) is 12.3. The number of esters is 1. The fourth-order valence-electron chi connectivity index (χ4n) is 5.80. The number of hydrogen-bond acceptors (Lipinski definition) is 2. The number of allylic oxidation sites excluding steroid dienone is 4. The molecule has 0 radical (unpaired) electrons. The van der Waals surface area contributed by atoms with Gasteiger partial charge >= 0.3 is 5.97 Å². The Morgan fingerprint density at radius 3 is 1.18 bits per heavy atom. The Bertz CT molecular complexity index is 631. The smallest absolute Gasteiger partial charge is 0.361 e. The molecule has 0 fully saturated rings. The molecule has 0 aromatic heterocycles. The third-order valence-electron chi connectivity index (χ3n) is 8.75. The summed E-state index contributed by atoms with van der Waals surface area (Å²) in [5, 5.41) is 0. The molecule has 0 saturated carbocycles. The highest BCUT2D eigenvalue weighted by Crippen LogP contribution is 2.13. The third kappa shape index (κ3) is 37.4. The lowest BCUT2D eigenvalue weighted by Crippen LogP contribution is -3.00. The number of rotatable bonds is 34. The van der Waals surface area contributed by atoms with E-state index in [1.54, 1.807) is 0 Å². The van der Waals surface area contributed by atoms with Crippen LogP contribution in [0.25, 0.3) is 0 Å². The Labute approximate surface area is 283 Å². The molecule has 0 rings (SSSR count). The molecule has 3 nitrogen and oxygen atoms in total. The Hall–Kier alpha value is -0.800. The average molecular weight is 641 g/mol. The number of nitrogens with zero attached hydrogens (tertiary/aromatic N) is 1. The maximum atomic E-state index is 12.3. The van der Waals surface area contributed by atoms with Gasteiger partial charge in [-0.05, 0) is 70.6 Å². The SMILES string of the molecule is CCCCCCCCC=CCCCCCCCCOC(=O)C[N+](C)(C)CCCCCCCCC=CCCCCCCCC.[Cl-]. The molecule has 0 bridgehead atoms. The number of carbonyl (C=O) groups is 1. The number of hydrogen-bond donors (Lipinski definition) is 0. The molecule has 0 aromatic rings. The molecule has 0 aliphatic rings. The van der Waals surface area contributed by atoms with Crippen molar-refractivity contribution in [2.45, 2.75) is 194 Å². The summed E-state index contributed by atoms with van der Waals surface area (Å²) in [5.74, 6) is -0.0257. The largest absolute Gasteiger partial charge is 1.00 e. The van der Waals surface area contributed by atoms with Crippen LogP contribution in [0.3, 0.4) is 0 Å². The molecule has 0 aliphatic heterocycles. The van der Waals surface area contributed by atoms with Gasteiger partial charge in [-0.1, -0.05) is 147 Å². The van der Waals surface area contributed by atoms with E-state index in [0.29, 0.717) is 13.2 Å². The first-order chi connectivity index (χ1) is 21.0. The summed E-state index contributed by atoms with van der Waals surface area (Å²) in [7, 11) is 4.34. The van der Waals surface area contributed by atoms with Crippen molar-refractivity contribution in [2.24, 2.45) is 0 Å². The van der Waals surface area contributed by atoms with Gasteiger partial charge in [0.25, 0.3) is 0 Å². The summed E-state index contributed by atoms with van der Waals surface area (Å²) in [5.41, 5.74) is 0. The van der Waals surface area contributed by atoms with E-state index >= 15 is 0 Å². The quantitative estimate of drug-likeness (QED) is 0.0303. The monoisotopic (exact) mass is 640 g/mol. The number of halogens is 1. The van der Waals surface area contributed by atoms with Crippen LogP contribution in [-0.2, 0) is 9.53 Å². The van der Waals surface area contributed by atoms with Gasteiger partial charge in [-0.3, -0.25) is 0 Å². The highest BCUT2D eigenvalue weighted by Gasteiger charge is 2.20. The van der Waals surface area contributed by atoms with E-state index in [0.717, 1.165) is 17.4 Å². The molecule has 0 unspecified atom stereocenters. The van der Waals surface area contributed by atoms with Gasteiger partial charge in [-0.15, -0.1) is 0 Å². The van der Waals surface area contributed by atoms with Gasteiger partial charge in [-0.25, -0.2) is 4.79 Å². The van der Waals surface area contributed by atoms with Crippen molar-refractivity contribution in [3.8, 4) is 0 Å². The van der Waals surface area contributed by atoms with E-state index in [1.165, 1.54) is 173 Å². The molecule has 0 spiro atoms. The first-order valence-electron chi connectivity index (χ1n) is 19.3. The maximum Gasteiger partial charge on any atom is 0.361 e. The van der Waals surface area contributed by atoms with Crippen LogP contribution in [0, 0.1) is 0 Å². The molecule has 0 heterocycles. The van der Waals surface area contributed by atoms with Crippen LogP contribution < -0.4 is 12.4 Å². The van der Waals surface area contributed by atoms with Crippen molar-refractivity contribution in [2.75, 3.05) is 33.8 Å². The highest BCUT2D eigenvalue weighted by molar-refractivity contribution is 5.70. The Kier molecular flexibility index (Phi) is 37.8. The summed E-state index contributed by atoms with van der Waals surface area (Å²) in [6.45, 7) is 6.71. The van der Waals surface area contributed by atoms with E-state index in [4.69, 9.17) is 4.74 Å². The molecular formula is C40H78ClNO2. The molecule has 0 N–H and O–H groups in total. The minimum Gasteiger partial charge on any atom is -1.00 e. The van der Waals surface area contributed by atoms with Crippen LogP contribution in [0.1, 0.15) is 194 Å². The van der Waals surface area contributed by atoms with Gasteiger partial charge in [0.15, 0.2) is 6.54 Å². The van der Waals surface area contributed by atoms with E-state index in [1.807, 2.05) is 0 Å². The molecular weight excluding hydrogens is 562 g/mol. The van der Waals surface area contributed by atoms with Crippen LogP contribution in [0.2, 0.25) is 0 Å². The Balaban J connectivity index is 0. The molecule has 262 valence electrons. The third-order valence-corrected chi connectivity index (χ3v) is 8.75. The summed E-state index contributed by atoms with van der Waals surface area (Å²) in [6, 6.07) is 0. The van der Waals surface area contributed by atoms with E-state index in [2.05, 4.69) is 52.2 Å². The minimum absolute atomic E-state index is 0. The number of quaternary nitrogens is 1. The van der Waals surface area contributed by atoms with Gasteiger partial charge in [0.1, 0.15) is 0 Å². The summed E-state index contributed by atoms with van der Waals surface area (Å²) < 4.78 is 6.31. The first kappa shape index (κ1) is 45.3. The molecule has 44 heavy (non-hydrogen) atoms. The van der Waals surface area contributed by atoms with Crippen LogP contribution in [0.15, 0.2) is 24.3 Å². The summed E-state index contributed by atoms with van der Waals surface area (Å²) >= 11 is 0. The van der Waals surface area contributed by atoms with E-state index in [9.17, 15) is 4.79 Å². The zero-order valence-electron chi connectivity index (χ0n) is 30.4. The topological polar surface area (TPSA) is 26.3 Å². The molecule has 0 saturated heterocycles. The van der Waals surface area contributed by atoms with Gasteiger partial charge in [0.05, 0.1) is 27.2 Å². The molecule has 0 amide bonds. The standard InChI is InChI=1S/C40H78NO2.ClH/c1-5-7-9-11-13-15-17-19-21-23-25-27-29-31-33-35-37-41(3,4)39-40(42)43-38-36-34-32-30-28-26-24-22-20-18-16-14-12-10-8-6-2;/h19-22H,5-18,23-39H2,1-4H3;1H/q+1;/p-1. The van der Waals surface area contributed by atoms with Crippen LogP contribution in [0.5, 0.6) is 0 Å². The lowest BCUT2D eigenvalue weighted by molar-refractivity contribution is -0.883. The van der Waals surface area contributed by atoms with Crippen LogP contribution in [0.4, 0.5) is 0 Å². The zero-order valence-corrected chi connectivity index (χ0v) is 31.1. The molecule has 4 heteroatoms. The molecule has 0 atom stereocenters. The summed E-state index contributed by atoms with van der Waals surface area (Å²) in [6.07, 6.45) is 46.5. The van der Waals surface area contributed by atoms with Crippen molar-refractivity contribution in [3.05, 3.63) is 24.3 Å². The van der Waals surface area contributed by atoms with Gasteiger partial charge in [-0.2, -0.15) is 0 Å². The van der Waals surface area contributed by atoms with Crippen molar-refractivity contribution in [1.82, 2.24) is 0 Å². The van der Waals surface area contributed by atoms with Crippen molar-refractivity contribution in [1.29, 1.82) is 0 Å². The fraction of sp³-hybridized carbons (Fsp3) is 0.875. The number of carbonyl (C=O) groups excluding carboxylic acids is 1. The van der Waals surface area contributed by atoms with Gasteiger partial charge < -0.3 is 21.6 Å². The van der Waals surface area contributed by atoms with Crippen molar-refractivity contribution < 1.29 is 26.4 Å². The average Bonchev–Trinajstić information content (AvgIpc) is 2.98. The number of likely N-dealkylation sites (N-methyl/N-ethyl adjacent to an activating group) is 1. The van der Waals surface area contributed by atoms with Crippen molar-refractivity contribution >= 4 is 5.97 Å². The zero-order chi connectivity index (χ0) is 31.5. The van der Waals surface area contributed by atoms with Crippen LogP contribution >= 0.6 is 0 Å². The molecule has 0 aromatic carbocycles. The lowest BCUT2D eigenvalue weighted by Gasteiger charge is -2.28. The van der Waals surface area contributed by atoms with E-state index in [-0.39, 0.29) is 18.4 Å². The Morgan fingerprint density at radius 1 is 0.477 bits per heavy atom. The Morgan fingerprint density at radius 2 is 0.795 bits per heavy atom. The van der Waals surface area contributed by atoms with Crippen LogP contribution in [-0.4, -0.2) is 44.2 Å². The normalized spacial score (nSPS) is 11.9. The fourth-order valence-corrected chi connectivity index (χ4v) is 5.80. The predicted octanol–water partition coefficient (Wildman–Crippen LogP) is 9.68. The van der Waals surface area contributed by atoms with Gasteiger partial charge in [0.2, 0.25) is 0 Å². The molecule has 0 aliphatic carbocycles. The predicted molar refractivity (Wildman–Crippen MR) is 192 cm³/mol. The maximum absolute atomic E-state index is 12.3. The van der Waals surface area contributed by atoms with E-state index < -0.39 is 0 Å². The number of unbranched alkanes of at least 4 members (excludes halogenated alkanes) is 24. The second-order valence-corrected chi connectivity index (χ2v) is 13.9. The minimum atomic E-state index is -0.0257.